The van der Waals surface area contributed by atoms with Gasteiger partial charge in [0.25, 0.3) is 5.91 Å². The zero-order valence-corrected chi connectivity index (χ0v) is 14.6. The predicted octanol–water partition coefficient (Wildman–Crippen LogP) is 1.97. The molecule has 7 heteroatoms. The standard InChI is InChI=1S/C19H21N5O2/c1-26-15-8-9-22-10-14(15)12-6-3-7-13-16(20)17(19(21)25)23-24(18(12)13)11-4-2-5-11/h3,6-11,16H,2,4-5,20H2,1H3,(H2,21,25). The minimum absolute atomic E-state index is 0.194. The number of nitrogens with two attached hydrogens (primary N) is 2. The van der Waals surface area contributed by atoms with E-state index in [4.69, 9.17) is 16.2 Å². The zero-order chi connectivity index (χ0) is 18.3. The third-order valence-electron chi connectivity index (χ3n) is 5.11. The van der Waals surface area contributed by atoms with Gasteiger partial charge in [0.2, 0.25) is 0 Å². The number of fused-ring (bicyclic) bond motifs is 1. The molecule has 2 aromatic rings. The molecule has 1 unspecified atom stereocenters. The van der Waals surface area contributed by atoms with Crippen LogP contribution in [0.5, 0.6) is 5.75 Å². The molecule has 1 aromatic heterocycles. The van der Waals surface area contributed by atoms with E-state index in [1.54, 1.807) is 19.5 Å². The lowest BCUT2D eigenvalue weighted by atomic mass is 9.87. The van der Waals surface area contributed by atoms with Gasteiger partial charge in [0.05, 0.1) is 24.9 Å². The summed E-state index contributed by atoms with van der Waals surface area (Å²) in [5, 5.41) is 6.48. The summed E-state index contributed by atoms with van der Waals surface area (Å²) in [6.07, 6.45) is 6.64. The average molecular weight is 351 g/mol. The summed E-state index contributed by atoms with van der Waals surface area (Å²) >= 11 is 0. The Balaban J connectivity index is 1.94. The number of aromatic nitrogens is 1. The average Bonchev–Trinajstić information content (AvgIpc) is 2.61. The molecule has 4 N–H and O–H groups in total. The first kappa shape index (κ1) is 16.5. The van der Waals surface area contributed by atoms with E-state index in [-0.39, 0.29) is 11.8 Å². The highest BCUT2D eigenvalue weighted by molar-refractivity contribution is 6.41. The van der Waals surface area contributed by atoms with Gasteiger partial charge in [0.15, 0.2) is 0 Å². The fourth-order valence-corrected chi connectivity index (χ4v) is 3.52. The van der Waals surface area contributed by atoms with Crippen LogP contribution in [0.25, 0.3) is 11.1 Å². The Kier molecular flexibility index (Phi) is 4.08. The number of carbonyl (C=O) groups is 1. The van der Waals surface area contributed by atoms with Crippen LogP contribution < -0.4 is 21.2 Å². The highest BCUT2D eigenvalue weighted by Crippen LogP contribution is 2.45. The topological polar surface area (TPSA) is 107 Å². The fraction of sp³-hybridized carbons (Fsp3) is 0.316. The van der Waals surface area contributed by atoms with Gasteiger partial charge >= 0.3 is 0 Å². The van der Waals surface area contributed by atoms with Crippen molar-refractivity contribution in [1.82, 2.24) is 4.98 Å². The largest absolute Gasteiger partial charge is 0.496 e. The number of hydrogen-bond acceptors (Lipinski definition) is 6. The summed E-state index contributed by atoms with van der Waals surface area (Å²) in [6, 6.07) is 7.25. The number of pyridine rings is 1. The van der Waals surface area contributed by atoms with E-state index in [2.05, 4.69) is 10.1 Å². The maximum absolute atomic E-state index is 11.9. The second-order valence-electron chi connectivity index (χ2n) is 6.58. The van der Waals surface area contributed by atoms with Gasteiger partial charge in [-0.3, -0.25) is 14.8 Å². The number of rotatable bonds is 4. The summed E-state index contributed by atoms with van der Waals surface area (Å²) in [7, 11) is 1.63. The number of hydrogen-bond donors (Lipinski definition) is 2. The molecule has 1 aliphatic carbocycles. The van der Waals surface area contributed by atoms with Crippen molar-refractivity contribution in [3.8, 4) is 16.9 Å². The number of hydrazone groups is 1. The first-order valence-corrected chi connectivity index (χ1v) is 8.66. The van der Waals surface area contributed by atoms with Gasteiger partial charge < -0.3 is 16.2 Å². The number of nitrogens with zero attached hydrogens (tertiary/aromatic N) is 3. The number of amides is 1. The molecule has 0 spiro atoms. The molecule has 2 aliphatic rings. The van der Waals surface area contributed by atoms with Crippen molar-refractivity contribution in [2.75, 3.05) is 12.1 Å². The summed E-state index contributed by atoms with van der Waals surface area (Å²) in [5.41, 5.74) is 15.6. The molecule has 2 heterocycles. The molecular weight excluding hydrogens is 330 g/mol. The molecule has 0 saturated heterocycles. The molecule has 1 fully saturated rings. The molecule has 4 rings (SSSR count). The Bertz CT molecular complexity index is 891. The SMILES string of the molecule is COc1ccncc1-c1cccc2c1N(C1CCC1)N=C(C(N)=O)C2N. The Morgan fingerprint density at radius 3 is 2.73 bits per heavy atom. The van der Waals surface area contributed by atoms with E-state index >= 15 is 0 Å². The van der Waals surface area contributed by atoms with Crippen LogP contribution in [0.2, 0.25) is 0 Å². The third kappa shape index (κ3) is 2.52. The first-order chi connectivity index (χ1) is 12.6. The van der Waals surface area contributed by atoms with Crippen LogP contribution in [0.15, 0.2) is 41.8 Å². The molecule has 1 aliphatic heterocycles. The smallest absolute Gasteiger partial charge is 0.266 e. The van der Waals surface area contributed by atoms with Crippen molar-refractivity contribution < 1.29 is 9.53 Å². The Morgan fingerprint density at radius 1 is 1.27 bits per heavy atom. The predicted molar refractivity (Wildman–Crippen MR) is 99.9 cm³/mol. The van der Waals surface area contributed by atoms with Crippen LogP contribution in [-0.4, -0.2) is 29.8 Å². The Morgan fingerprint density at radius 2 is 2.08 bits per heavy atom. The summed E-state index contributed by atoms with van der Waals surface area (Å²) in [5.74, 6) is 0.136. The third-order valence-corrected chi connectivity index (χ3v) is 5.11. The van der Waals surface area contributed by atoms with E-state index in [1.165, 1.54) is 0 Å². The maximum atomic E-state index is 11.9. The molecule has 26 heavy (non-hydrogen) atoms. The normalized spacial score (nSPS) is 19.4. The van der Waals surface area contributed by atoms with Crippen molar-refractivity contribution in [1.29, 1.82) is 0 Å². The minimum atomic E-state index is -0.651. The van der Waals surface area contributed by atoms with Gasteiger partial charge in [-0.25, -0.2) is 0 Å². The van der Waals surface area contributed by atoms with E-state index in [0.717, 1.165) is 47.4 Å². The zero-order valence-electron chi connectivity index (χ0n) is 14.6. The summed E-state index contributed by atoms with van der Waals surface area (Å²) < 4.78 is 5.51. The highest BCUT2D eigenvalue weighted by atomic mass is 16.5. The molecule has 1 saturated carbocycles. The number of methoxy groups -OCH3 is 1. The highest BCUT2D eigenvalue weighted by Gasteiger charge is 2.36. The van der Waals surface area contributed by atoms with Crippen LogP contribution in [0, 0.1) is 0 Å². The molecule has 1 aromatic carbocycles. The van der Waals surface area contributed by atoms with Crippen molar-refractivity contribution in [2.24, 2.45) is 16.6 Å². The lowest BCUT2D eigenvalue weighted by Crippen LogP contribution is -2.45. The van der Waals surface area contributed by atoms with Crippen LogP contribution >= 0.6 is 0 Å². The second-order valence-corrected chi connectivity index (χ2v) is 6.58. The van der Waals surface area contributed by atoms with E-state index in [1.807, 2.05) is 29.3 Å². The fourth-order valence-electron chi connectivity index (χ4n) is 3.52. The van der Waals surface area contributed by atoms with Gasteiger partial charge in [-0.05, 0) is 25.3 Å². The molecule has 1 atom stereocenters. The van der Waals surface area contributed by atoms with Gasteiger partial charge in [-0.2, -0.15) is 5.10 Å². The number of benzene rings is 1. The first-order valence-electron chi connectivity index (χ1n) is 8.66. The number of carbonyl (C=O) groups excluding carboxylic acids is 1. The van der Waals surface area contributed by atoms with Crippen LogP contribution in [0.3, 0.4) is 0 Å². The van der Waals surface area contributed by atoms with E-state index < -0.39 is 11.9 Å². The Labute approximate surface area is 151 Å². The molecule has 1 amide bonds. The van der Waals surface area contributed by atoms with Gasteiger partial charge in [-0.15, -0.1) is 0 Å². The second kappa shape index (κ2) is 6.42. The molecule has 7 nitrogen and oxygen atoms in total. The van der Waals surface area contributed by atoms with Crippen molar-refractivity contribution in [3.63, 3.8) is 0 Å². The van der Waals surface area contributed by atoms with E-state index in [0.29, 0.717) is 0 Å². The summed E-state index contributed by atoms with van der Waals surface area (Å²) in [4.78, 5) is 16.1. The van der Waals surface area contributed by atoms with Crippen molar-refractivity contribution in [2.45, 2.75) is 31.3 Å². The van der Waals surface area contributed by atoms with Gasteiger partial charge in [0, 0.05) is 29.1 Å². The molecule has 0 radical (unpaired) electrons. The van der Waals surface area contributed by atoms with Gasteiger partial charge in [-0.1, -0.05) is 18.2 Å². The quantitative estimate of drug-likeness (QED) is 0.876. The van der Waals surface area contributed by atoms with E-state index in [9.17, 15) is 4.79 Å². The van der Waals surface area contributed by atoms with Crippen LogP contribution in [0.4, 0.5) is 5.69 Å². The minimum Gasteiger partial charge on any atom is -0.496 e. The molecular formula is C19H21N5O2. The van der Waals surface area contributed by atoms with Crippen LogP contribution in [0.1, 0.15) is 30.9 Å². The summed E-state index contributed by atoms with van der Waals surface area (Å²) in [6.45, 7) is 0. The lowest BCUT2D eigenvalue weighted by Gasteiger charge is -2.41. The van der Waals surface area contributed by atoms with Crippen molar-refractivity contribution >= 4 is 17.3 Å². The number of anilines is 1. The van der Waals surface area contributed by atoms with Crippen LogP contribution in [-0.2, 0) is 4.79 Å². The number of ether oxygens (including phenoxy) is 1. The van der Waals surface area contributed by atoms with Crippen molar-refractivity contribution in [3.05, 3.63) is 42.2 Å². The Hall–Kier alpha value is -2.93. The number of para-hydroxylation sites is 1. The van der Waals surface area contributed by atoms with Gasteiger partial charge in [0.1, 0.15) is 11.5 Å². The molecule has 0 bridgehead atoms. The maximum Gasteiger partial charge on any atom is 0.266 e. The molecule has 134 valence electrons. The lowest BCUT2D eigenvalue weighted by molar-refractivity contribution is -0.112. The monoisotopic (exact) mass is 351 g/mol. The number of primary amides is 1.